The lowest BCUT2D eigenvalue weighted by molar-refractivity contribution is -0.156. The summed E-state index contributed by atoms with van der Waals surface area (Å²) in [5, 5.41) is 2.78. The molecule has 1 saturated heterocycles. The number of rotatable bonds is 7. The van der Waals surface area contributed by atoms with E-state index in [2.05, 4.69) is 4.74 Å². The van der Waals surface area contributed by atoms with Crippen LogP contribution in [0.5, 0.6) is 11.5 Å². The lowest BCUT2D eigenvalue weighted by Crippen LogP contribution is -2.44. The highest BCUT2D eigenvalue weighted by molar-refractivity contribution is 5.94. The van der Waals surface area contributed by atoms with Crippen molar-refractivity contribution in [3.8, 4) is 11.5 Å². The molecule has 1 aromatic carbocycles. The molecule has 1 aliphatic heterocycles. The van der Waals surface area contributed by atoms with Gasteiger partial charge in [-0.25, -0.2) is 5.01 Å². The summed E-state index contributed by atoms with van der Waals surface area (Å²) in [5.41, 5.74) is 0.688. The number of ether oxygens (including phenoxy) is 3. The Balaban J connectivity index is 2.07. The summed E-state index contributed by atoms with van der Waals surface area (Å²) in [6, 6.07) is 5.27. The van der Waals surface area contributed by atoms with E-state index >= 15 is 0 Å². The lowest BCUT2D eigenvalue weighted by Gasteiger charge is -2.26. The molecule has 2 rings (SSSR count). The first-order valence-corrected chi connectivity index (χ1v) is 8.58. The predicted octanol–water partition coefficient (Wildman–Crippen LogP) is 1.65. The molecule has 146 valence electrons. The van der Waals surface area contributed by atoms with Gasteiger partial charge in [0.1, 0.15) is 11.5 Å². The van der Waals surface area contributed by atoms with Crippen molar-refractivity contribution in [3.63, 3.8) is 0 Å². The number of carbonyl (C=O) groups excluding carboxylic acids is 3. The molecule has 1 aromatic rings. The van der Waals surface area contributed by atoms with E-state index in [-0.39, 0.29) is 24.7 Å². The van der Waals surface area contributed by atoms with Crippen molar-refractivity contribution in [2.45, 2.75) is 19.3 Å². The van der Waals surface area contributed by atoms with Gasteiger partial charge in [-0.3, -0.25) is 19.4 Å². The van der Waals surface area contributed by atoms with Crippen LogP contribution in [0.25, 0.3) is 6.08 Å². The Morgan fingerprint density at radius 3 is 2.44 bits per heavy atom. The van der Waals surface area contributed by atoms with Gasteiger partial charge in [0.15, 0.2) is 0 Å². The highest BCUT2D eigenvalue weighted by Gasteiger charge is 2.29. The number of hydrogen-bond acceptors (Lipinski definition) is 6. The second-order valence-electron chi connectivity index (χ2n) is 5.85. The highest BCUT2D eigenvalue weighted by Crippen LogP contribution is 2.25. The van der Waals surface area contributed by atoms with Crippen LogP contribution in [0, 0.1) is 0 Å². The molecule has 0 unspecified atom stereocenters. The zero-order chi connectivity index (χ0) is 19.8. The van der Waals surface area contributed by atoms with Gasteiger partial charge in [0.2, 0.25) is 5.91 Å². The maximum Gasteiger partial charge on any atom is 0.306 e. The number of methoxy groups -OCH3 is 3. The van der Waals surface area contributed by atoms with E-state index in [1.54, 1.807) is 38.5 Å². The van der Waals surface area contributed by atoms with E-state index in [9.17, 15) is 14.4 Å². The van der Waals surface area contributed by atoms with E-state index in [0.29, 0.717) is 36.6 Å². The summed E-state index contributed by atoms with van der Waals surface area (Å²) in [6.07, 6.45) is 3.70. The molecule has 0 aliphatic carbocycles. The SMILES string of the molecule is COC(=O)CCC(=O)N1CCCN1C(=O)C=Cc1cc(OC)ccc1OC. The fourth-order valence-electron chi connectivity index (χ4n) is 2.76. The fourth-order valence-corrected chi connectivity index (χ4v) is 2.76. The number of hydrogen-bond donors (Lipinski definition) is 0. The molecule has 8 nitrogen and oxygen atoms in total. The van der Waals surface area contributed by atoms with E-state index in [4.69, 9.17) is 9.47 Å². The summed E-state index contributed by atoms with van der Waals surface area (Å²) >= 11 is 0. The molecular formula is C19H24N2O6. The van der Waals surface area contributed by atoms with Gasteiger partial charge in [-0.2, -0.15) is 0 Å². The fraction of sp³-hybridized carbons (Fsp3) is 0.421. The normalized spacial score (nSPS) is 13.7. The number of esters is 1. The quantitative estimate of drug-likeness (QED) is 0.531. The molecule has 1 aliphatic rings. The van der Waals surface area contributed by atoms with Crippen molar-refractivity contribution in [2.24, 2.45) is 0 Å². The Morgan fingerprint density at radius 2 is 1.78 bits per heavy atom. The maximum absolute atomic E-state index is 12.6. The Kier molecular flexibility index (Phi) is 7.22. The lowest BCUT2D eigenvalue weighted by atomic mass is 10.1. The predicted molar refractivity (Wildman–Crippen MR) is 97.9 cm³/mol. The van der Waals surface area contributed by atoms with Crippen molar-refractivity contribution in [1.82, 2.24) is 10.0 Å². The van der Waals surface area contributed by atoms with Crippen LogP contribution in [0.1, 0.15) is 24.8 Å². The third-order valence-electron chi connectivity index (χ3n) is 4.19. The Bertz CT molecular complexity index is 731. The minimum atomic E-state index is -0.453. The van der Waals surface area contributed by atoms with Crippen molar-refractivity contribution in [3.05, 3.63) is 29.8 Å². The molecule has 1 fully saturated rings. The van der Waals surface area contributed by atoms with Crippen LogP contribution in [0.2, 0.25) is 0 Å². The molecule has 27 heavy (non-hydrogen) atoms. The van der Waals surface area contributed by atoms with E-state index in [1.165, 1.54) is 23.2 Å². The van der Waals surface area contributed by atoms with Crippen LogP contribution in [0.4, 0.5) is 0 Å². The average Bonchev–Trinajstić information content (AvgIpc) is 3.19. The summed E-state index contributed by atoms with van der Waals surface area (Å²) in [4.78, 5) is 36.1. The van der Waals surface area contributed by atoms with Gasteiger partial charge < -0.3 is 14.2 Å². The van der Waals surface area contributed by atoms with E-state index in [0.717, 1.165) is 0 Å². The summed E-state index contributed by atoms with van der Waals surface area (Å²) in [5.74, 6) is 0.198. The zero-order valence-corrected chi connectivity index (χ0v) is 15.8. The molecule has 0 N–H and O–H groups in total. The van der Waals surface area contributed by atoms with Gasteiger partial charge in [-0.1, -0.05) is 0 Å². The maximum atomic E-state index is 12.6. The Morgan fingerprint density at radius 1 is 1.04 bits per heavy atom. The topological polar surface area (TPSA) is 85.4 Å². The second kappa shape index (κ2) is 9.61. The number of amides is 2. The van der Waals surface area contributed by atoms with Crippen molar-refractivity contribution in [1.29, 1.82) is 0 Å². The number of benzene rings is 1. The van der Waals surface area contributed by atoms with Crippen LogP contribution in [-0.4, -0.2) is 62.2 Å². The van der Waals surface area contributed by atoms with Crippen molar-refractivity contribution < 1.29 is 28.6 Å². The Hall–Kier alpha value is -3.03. The summed E-state index contributed by atoms with van der Waals surface area (Å²) < 4.78 is 15.0. The first kappa shape index (κ1) is 20.3. The summed E-state index contributed by atoms with van der Waals surface area (Å²) in [7, 11) is 4.38. The smallest absolute Gasteiger partial charge is 0.306 e. The third-order valence-corrected chi connectivity index (χ3v) is 4.19. The van der Waals surface area contributed by atoms with Crippen LogP contribution in [0.3, 0.4) is 0 Å². The summed E-state index contributed by atoms with van der Waals surface area (Å²) in [6.45, 7) is 0.893. The number of hydrazine groups is 1. The number of carbonyl (C=O) groups is 3. The molecule has 0 aromatic heterocycles. The van der Waals surface area contributed by atoms with Crippen LogP contribution >= 0.6 is 0 Å². The molecule has 0 spiro atoms. The van der Waals surface area contributed by atoms with Gasteiger partial charge in [-0.05, 0) is 30.7 Å². The van der Waals surface area contributed by atoms with Crippen LogP contribution in [-0.2, 0) is 19.1 Å². The van der Waals surface area contributed by atoms with Gasteiger partial charge in [0.25, 0.3) is 5.91 Å². The number of nitrogens with zero attached hydrogens (tertiary/aromatic N) is 2. The van der Waals surface area contributed by atoms with E-state index < -0.39 is 5.97 Å². The molecule has 1 heterocycles. The highest BCUT2D eigenvalue weighted by atomic mass is 16.5. The largest absolute Gasteiger partial charge is 0.497 e. The molecule has 0 saturated carbocycles. The van der Waals surface area contributed by atoms with Gasteiger partial charge in [-0.15, -0.1) is 0 Å². The molecule has 0 bridgehead atoms. The van der Waals surface area contributed by atoms with Crippen LogP contribution in [0.15, 0.2) is 24.3 Å². The van der Waals surface area contributed by atoms with Crippen molar-refractivity contribution >= 4 is 23.9 Å². The minimum absolute atomic E-state index is 0.00384. The van der Waals surface area contributed by atoms with E-state index in [1.807, 2.05) is 0 Å². The first-order chi connectivity index (χ1) is 13.0. The average molecular weight is 376 g/mol. The standard InChI is InChI=1S/C19H24N2O6/c1-25-15-6-7-16(26-2)14(13-15)5-8-17(22)20-11-4-12-21(20)18(23)9-10-19(24)27-3/h5-8,13H,4,9-12H2,1-3H3. The van der Waals surface area contributed by atoms with Gasteiger partial charge in [0.05, 0.1) is 27.8 Å². The van der Waals surface area contributed by atoms with Gasteiger partial charge >= 0.3 is 5.97 Å². The second-order valence-corrected chi connectivity index (χ2v) is 5.85. The molecular weight excluding hydrogens is 352 g/mol. The first-order valence-electron chi connectivity index (χ1n) is 8.58. The monoisotopic (exact) mass is 376 g/mol. The van der Waals surface area contributed by atoms with Crippen molar-refractivity contribution in [2.75, 3.05) is 34.4 Å². The third kappa shape index (κ3) is 5.22. The molecule has 2 amide bonds. The van der Waals surface area contributed by atoms with Gasteiger partial charge in [0, 0.05) is 31.1 Å². The molecule has 8 heteroatoms. The molecule has 0 radical (unpaired) electrons. The zero-order valence-electron chi connectivity index (χ0n) is 15.8. The Labute approximate surface area is 158 Å². The van der Waals surface area contributed by atoms with Crippen LogP contribution < -0.4 is 9.47 Å². The minimum Gasteiger partial charge on any atom is -0.497 e. The molecule has 0 atom stereocenters.